The highest BCUT2D eigenvalue weighted by atomic mass is 19.4. The molecule has 1 unspecified atom stereocenters. The molecule has 0 fully saturated rings. The molecule has 1 aliphatic heterocycles. The van der Waals surface area contributed by atoms with Crippen LogP contribution in [-0.2, 0) is 9.53 Å². The minimum atomic E-state index is -5.67. The van der Waals surface area contributed by atoms with Gasteiger partial charge in [0, 0.05) is 13.3 Å². The van der Waals surface area contributed by atoms with Crippen LogP contribution in [-0.4, -0.2) is 35.7 Å². The quantitative estimate of drug-likeness (QED) is 0.609. The molecule has 0 saturated heterocycles. The summed E-state index contributed by atoms with van der Waals surface area (Å²) in [6.07, 6.45) is -14.6. The third kappa shape index (κ3) is 3.04. The molecule has 2 rings (SSSR count). The molecule has 0 aliphatic carbocycles. The Labute approximate surface area is 127 Å². The number of alkyl halides is 6. The third-order valence-electron chi connectivity index (χ3n) is 3.41. The highest BCUT2D eigenvalue weighted by molar-refractivity contribution is 6.06. The van der Waals surface area contributed by atoms with E-state index in [1.807, 2.05) is 0 Å². The summed E-state index contributed by atoms with van der Waals surface area (Å²) in [6, 6.07) is 7.02. The largest absolute Gasteiger partial charge is 0.456 e. The van der Waals surface area contributed by atoms with Crippen molar-refractivity contribution in [1.29, 1.82) is 0 Å². The van der Waals surface area contributed by atoms with E-state index in [-0.39, 0.29) is 5.56 Å². The van der Waals surface area contributed by atoms with Crippen molar-refractivity contribution in [3.63, 3.8) is 0 Å². The number of benzene rings is 1. The van der Waals surface area contributed by atoms with Crippen LogP contribution < -0.4 is 0 Å². The maximum atomic E-state index is 13.1. The lowest BCUT2D eigenvalue weighted by atomic mass is 9.93. The molecule has 1 aromatic rings. The zero-order chi connectivity index (χ0) is 17.5. The molecule has 0 saturated carbocycles. The zero-order valence-corrected chi connectivity index (χ0v) is 11.7. The third-order valence-corrected chi connectivity index (χ3v) is 3.41. The summed E-state index contributed by atoms with van der Waals surface area (Å²) < 4.78 is 83.5. The minimum absolute atomic E-state index is 0.0362. The Morgan fingerprint density at radius 2 is 1.65 bits per heavy atom. The van der Waals surface area contributed by atoms with Crippen molar-refractivity contribution >= 4 is 11.7 Å². The van der Waals surface area contributed by atoms with Gasteiger partial charge >= 0.3 is 18.3 Å². The molecule has 1 aliphatic rings. The molecular formula is C14H11F6NO2. The van der Waals surface area contributed by atoms with Gasteiger partial charge in [-0.05, 0) is 5.56 Å². The number of rotatable bonds is 2. The van der Waals surface area contributed by atoms with Crippen molar-refractivity contribution in [3.05, 3.63) is 35.9 Å². The Balaban J connectivity index is 2.60. The molecule has 1 atom stereocenters. The lowest BCUT2D eigenvalue weighted by Gasteiger charge is -2.31. The van der Waals surface area contributed by atoms with E-state index in [2.05, 4.69) is 9.73 Å². The smallest absolute Gasteiger partial charge is 0.422 e. The number of aliphatic imine (C=N–C) groups is 1. The minimum Gasteiger partial charge on any atom is -0.456 e. The van der Waals surface area contributed by atoms with Crippen LogP contribution >= 0.6 is 0 Å². The van der Waals surface area contributed by atoms with Crippen molar-refractivity contribution in [3.8, 4) is 0 Å². The monoisotopic (exact) mass is 339 g/mol. The summed E-state index contributed by atoms with van der Waals surface area (Å²) in [7, 11) is 0. The van der Waals surface area contributed by atoms with Crippen LogP contribution in [0.4, 0.5) is 26.3 Å². The van der Waals surface area contributed by atoms with Gasteiger partial charge in [-0.15, -0.1) is 0 Å². The molecule has 0 bridgehead atoms. The maximum absolute atomic E-state index is 13.1. The van der Waals surface area contributed by atoms with Crippen LogP contribution in [0, 0.1) is 0 Å². The van der Waals surface area contributed by atoms with Crippen molar-refractivity contribution in [2.75, 3.05) is 0 Å². The molecule has 1 aromatic carbocycles. The normalized spacial score (nSPS) is 21.0. The van der Waals surface area contributed by atoms with Gasteiger partial charge in [0.15, 0.2) is 0 Å². The van der Waals surface area contributed by atoms with E-state index in [0.29, 0.717) is 0 Å². The van der Waals surface area contributed by atoms with Crippen LogP contribution in [0.2, 0.25) is 0 Å². The van der Waals surface area contributed by atoms with E-state index in [9.17, 15) is 31.1 Å². The average Bonchev–Trinajstić information content (AvgIpc) is 2.79. The molecule has 0 aromatic heterocycles. The molecule has 9 heteroatoms. The summed E-state index contributed by atoms with van der Waals surface area (Å²) in [5.41, 5.74) is -4.80. The van der Waals surface area contributed by atoms with E-state index in [1.54, 1.807) is 6.07 Å². The number of halogens is 6. The standard InChI is InChI=1S/C14H11F6NO2/c1-8(22)23-10-7-12(13(15,16)17,14(18,19)20)21-11(10)9-5-3-2-4-6-9/h2-6,10H,7H2,1H3. The second-order valence-corrected chi connectivity index (χ2v) is 5.02. The Hall–Kier alpha value is -2.06. The number of hydrogen-bond acceptors (Lipinski definition) is 3. The maximum Gasteiger partial charge on any atom is 0.422 e. The Kier molecular flexibility index (Phi) is 4.16. The van der Waals surface area contributed by atoms with Crippen molar-refractivity contribution in [1.82, 2.24) is 0 Å². The van der Waals surface area contributed by atoms with Crippen LogP contribution in [0.1, 0.15) is 18.9 Å². The van der Waals surface area contributed by atoms with E-state index in [0.717, 1.165) is 6.92 Å². The fourth-order valence-electron chi connectivity index (χ4n) is 2.36. The van der Waals surface area contributed by atoms with Crippen molar-refractivity contribution in [2.45, 2.75) is 37.3 Å². The van der Waals surface area contributed by atoms with Gasteiger partial charge < -0.3 is 4.74 Å². The lowest BCUT2D eigenvalue weighted by molar-refractivity contribution is -0.296. The first kappa shape index (κ1) is 17.3. The van der Waals surface area contributed by atoms with E-state index >= 15 is 0 Å². The summed E-state index contributed by atoms with van der Waals surface area (Å²) in [6.45, 7) is 0.907. The number of nitrogens with zero attached hydrogens (tertiary/aromatic N) is 1. The predicted octanol–water partition coefficient (Wildman–Crippen LogP) is 3.67. The second kappa shape index (κ2) is 5.54. The molecule has 0 spiro atoms. The first-order valence-electron chi connectivity index (χ1n) is 6.44. The fraction of sp³-hybridized carbons (Fsp3) is 0.429. The molecule has 0 N–H and O–H groups in total. The van der Waals surface area contributed by atoms with Gasteiger partial charge in [0.1, 0.15) is 6.10 Å². The van der Waals surface area contributed by atoms with E-state index in [1.165, 1.54) is 24.3 Å². The highest BCUT2D eigenvalue weighted by Crippen LogP contribution is 2.52. The van der Waals surface area contributed by atoms with Gasteiger partial charge in [-0.1, -0.05) is 30.3 Å². The van der Waals surface area contributed by atoms with Gasteiger partial charge in [0.05, 0.1) is 5.71 Å². The first-order valence-corrected chi connectivity index (χ1v) is 6.44. The van der Waals surface area contributed by atoms with Crippen LogP contribution in [0.25, 0.3) is 0 Å². The number of ether oxygens (including phenoxy) is 1. The van der Waals surface area contributed by atoms with Gasteiger partial charge in [-0.2, -0.15) is 26.3 Å². The number of esters is 1. The van der Waals surface area contributed by atoms with Gasteiger partial charge in [0.25, 0.3) is 5.54 Å². The van der Waals surface area contributed by atoms with Crippen molar-refractivity contribution < 1.29 is 35.9 Å². The first-order chi connectivity index (χ1) is 10.5. The van der Waals surface area contributed by atoms with Crippen LogP contribution in [0.15, 0.2) is 35.3 Å². The van der Waals surface area contributed by atoms with Gasteiger partial charge in [-0.25, -0.2) is 0 Å². The lowest BCUT2D eigenvalue weighted by Crippen LogP contribution is -2.54. The molecular weight excluding hydrogens is 328 g/mol. The van der Waals surface area contributed by atoms with Crippen molar-refractivity contribution in [2.24, 2.45) is 4.99 Å². The number of carbonyl (C=O) groups excluding carboxylic acids is 1. The number of hydrogen-bond donors (Lipinski definition) is 0. The SMILES string of the molecule is CC(=O)OC1CC(C(F)(F)F)(C(F)(F)F)N=C1c1ccccc1. The van der Waals surface area contributed by atoms with Gasteiger partial charge in [-0.3, -0.25) is 9.79 Å². The fourth-order valence-corrected chi connectivity index (χ4v) is 2.36. The molecule has 126 valence electrons. The van der Waals surface area contributed by atoms with Gasteiger partial charge in [0.2, 0.25) is 0 Å². The van der Waals surface area contributed by atoms with E-state index in [4.69, 9.17) is 0 Å². The topological polar surface area (TPSA) is 38.7 Å². The Morgan fingerprint density at radius 3 is 2.09 bits per heavy atom. The predicted molar refractivity (Wildman–Crippen MR) is 68.0 cm³/mol. The second-order valence-electron chi connectivity index (χ2n) is 5.02. The highest BCUT2D eigenvalue weighted by Gasteiger charge is 2.74. The summed E-state index contributed by atoms with van der Waals surface area (Å²) in [5, 5.41) is 0. The van der Waals surface area contributed by atoms with E-state index < -0.39 is 42.1 Å². The Bertz CT molecular complexity index is 606. The Morgan fingerprint density at radius 1 is 1.13 bits per heavy atom. The number of carbonyl (C=O) groups is 1. The zero-order valence-electron chi connectivity index (χ0n) is 11.7. The molecule has 3 nitrogen and oxygen atoms in total. The molecule has 23 heavy (non-hydrogen) atoms. The molecule has 0 radical (unpaired) electrons. The van der Waals surface area contributed by atoms with Crippen LogP contribution in [0.3, 0.4) is 0 Å². The average molecular weight is 339 g/mol. The van der Waals surface area contributed by atoms with Crippen LogP contribution in [0.5, 0.6) is 0 Å². The summed E-state index contributed by atoms with van der Waals surface area (Å²) >= 11 is 0. The summed E-state index contributed by atoms with van der Waals surface area (Å²) in [4.78, 5) is 14.0. The molecule has 0 amide bonds. The molecule has 1 heterocycles. The summed E-state index contributed by atoms with van der Waals surface area (Å²) in [5.74, 6) is -0.987.